The maximum Gasteiger partial charge on any atom is 0.127 e. The molecule has 2 nitrogen and oxygen atoms in total. The Morgan fingerprint density at radius 3 is 2.39 bits per heavy atom. The van der Waals surface area contributed by atoms with Crippen molar-refractivity contribution in [3.05, 3.63) is 29.3 Å². The fourth-order valence-electron chi connectivity index (χ4n) is 1.96. The molecule has 1 aromatic carbocycles. The van der Waals surface area contributed by atoms with E-state index >= 15 is 0 Å². The van der Waals surface area contributed by atoms with Crippen molar-refractivity contribution in [2.45, 2.75) is 66.2 Å². The summed E-state index contributed by atoms with van der Waals surface area (Å²) >= 11 is 0. The van der Waals surface area contributed by atoms with E-state index in [0.717, 1.165) is 25.1 Å². The van der Waals surface area contributed by atoms with E-state index in [9.17, 15) is 0 Å². The lowest BCUT2D eigenvalue weighted by Crippen LogP contribution is -2.23. The first-order chi connectivity index (χ1) is 8.58. The molecule has 0 spiro atoms. The van der Waals surface area contributed by atoms with Gasteiger partial charge in [0, 0.05) is 18.2 Å². The summed E-state index contributed by atoms with van der Waals surface area (Å²) in [6.45, 7) is 11.7. The molecule has 0 aliphatic rings. The van der Waals surface area contributed by atoms with Crippen LogP contribution in [-0.2, 0) is 6.54 Å². The van der Waals surface area contributed by atoms with Crippen molar-refractivity contribution in [3.63, 3.8) is 0 Å². The maximum atomic E-state index is 6.17. The van der Waals surface area contributed by atoms with Crippen LogP contribution in [0, 0.1) is 6.92 Å². The van der Waals surface area contributed by atoms with Gasteiger partial charge in [0.25, 0.3) is 0 Å². The van der Waals surface area contributed by atoms with E-state index in [1.165, 1.54) is 11.1 Å². The normalized spacial score (nSPS) is 11.3. The number of benzene rings is 1. The van der Waals surface area contributed by atoms with Crippen LogP contribution in [-0.4, -0.2) is 12.1 Å². The molecule has 102 valence electrons. The first-order valence-corrected chi connectivity index (χ1v) is 7.07. The van der Waals surface area contributed by atoms with Crippen LogP contribution in [0.15, 0.2) is 18.2 Å². The lowest BCUT2D eigenvalue weighted by Gasteiger charge is -2.21. The molecule has 0 atom stereocenters. The molecule has 0 fully saturated rings. The maximum absolute atomic E-state index is 6.17. The zero-order valence-corrected chi connectivity index (χ0v) is 12.4. The van der Waals surface area contributed by atoms with Gasteiger partial charge in [-0.05, 0) is 25.3 Å². The minimum absolute atomic E-state index is 0.323. The zero-order chi connectivity index (χ0) is 13.5. The lowest BCUT2D eigenvalue weighted by molar-refractivity contribution is 0.189. The Morgan fingerprint density at radius 2 is 1.83 bits per heavy atom. The van der Waals surface area contributed by atoms with Gasteiger partial charge < -0.3 is 10.1 Å². The van der Waals surface area contributed by atoms with Gasteiger partial charge in [-0.1, -0.05) is 45.9 Å². The minimum atomic E-state index is 0.323. The summed E-state index contributed by atoms with van der Waals surface area (Å²) < 4.78 is 6.17. The highest BCUT2D eigenvalue weighted by Crippen LogP contribution is 2.25. The molecule has 2 heteroatoms. The number of para-hydroxylation sites is 1. The molecule has 1 N–H and O–H groups in total. The number of nitrogens with one attached hydrogen (secondary N) is 1. The second-order valence-electron chi connectivity index (χ2n) is 5.16. The molecule has 1 aromatic rings. The van der Waals surface area contributed by atoms with Crippen molar-refractivity contribution < 1.29 is 4.74 Å². The standard InChI is InChI=1S/C16H27NO/c1-6-15(7-2)18-16-13(5)9-8-10-14(16)11-17-12(3)4/h8-10,12,15,17H,6-7,11H2,1-5H3. The predicted molar refractivity (Wildman–Crippen MR) is 78.2 cm³/mol. The number of aryl methyl sites for hydroxylation is 1. The van der Waals surface area contributed by atoms with Crippen LogP contribution in [0.25, 0.3) is 0 Å². The van der Waals surface area contributed by atoms with Gasteiger partial charge in [-0.15, -0.1) is 0 Å². The van der Waals surface area contributed by atoms with E-state index in [-0.39, 0.29) is 0 Å². The van der Waals surface area contributed by atoms with Crippen molar-refractivity contribution in [2.24, 2.45) is 0 Å². The third-order valence-electron chi connectivity index (χ3n) is 3.19. The van der Waals surface area contributed by atoms with Gasteiger partial charge in [-0.3, -0.25) is 0 Å². The van der Waals surface area contributed by atoms with Crippen LogP contribution in [0.5, 0.6) is 5.75 Å². The molecule has 0 saturated heterocycles. The van der Waals surface area contributed by atoms with Gasteiger partial charge in [0.05, 0.1) is 6.10 Å². The Morgan fingerprint density at radius 1 is 1.17 bits per heavy atom. The van der Waals surface area contributed by atoms with Crippen LogP contribution in [0.1, 0.15) is 51.7 Å². The summed E-state index contributed by atoms with van der Waals surface area (Å²) in [5, 5.41) is 3.46. The molecular weight excluding hydrogens is 222 g/mol. The summed E-state index contributed by atoms with van der Waals surface area (Å²) in [4.78, 5) is 0. The number of hydrogen-bond donors (Lipinski definition) is 1. The molecule has 0 heterocycles. The predicted octanol–water partition coefficient (Wildman–Crippen LogP) is 4.06. The first kappa shape index (κ1) is 15.0. The molecular formula is C16H27NO. The average molecular weight is 249 g/mol. The van der Waals surface area contributed by atoms with Crippen LogP contribution < -0.4 is 10.1 Å². The average Bonchev–Trinajstić information content (AvgIpc) is 2.35. The smallest absolute Gasteiger partial charge is 0.127 e. The third kappa shape index (κ3) is 4.34. The summed E-state index contributed by atoms with van der Waals surface area (Å²) in [7, 11) is 0. The van der Waals surface area contributed by atoms with Crippen molar-refractivity contribution in [2.75, 3.05) is 0 Å². The lowest BCUT2D eigenvalue weighted by atomic mass is 10.1. The monoisotopic (exact) mass is 249 g/mol. The Hall–Kier alpha value is -1.02. The van der Waals surface area contributed by atoms with Crippen molar-refractivity contribution in [1.29, 1.82) is 0 Å². The highest BCUT2D eigenvalue weighted by Gasteiger charge is 2.12. The number of hydrogen-bond acceptors (Lipinski definition) is 2. The van der Waals surface area contributed by atoms with E-state index in [4.69, 9.17) is 4.74 Å². The van der Waals surface area contributed by atoms with Crippen LogP contribution in [0.2, 0.25) is 0 Å². The van der Waals surface area contributed by atoms with Crippen LogP contribution in [0.4, 0.5) is 0 Å². The van der Waals surface area contributed by atoms with Gasteiger partial charge in [-0.25, -0.2) is 0 Å². The largest absolute Gasteiger partial charge is 0.490 e. The van der Waals surface area contributed by atoms with Crippen LogP contribution in [0.3, 0.4) is 0 Å². The van der Waals surface area contributed by atoms with Gasteiger partial charge in [0.2, 0.25) is 0 Å². The highest BCUT2D eigenvalue weighted by molar-refractivity contribution is 5.40. The fourth-order valence-corrected chi connectivity index (χ4v) is 1.96. The van der Waals surface area contributed by atoms with Crippen molar-refractivity contribution in [1.82, 2.24) is 5.32 Å². The SMILES string of the molecule is CCC(CC)Oc1c(C)cccc1CNC(C)C. The summed E-state index contributed by atoms with van der Waals surface area (Å²) in [6, 6.07) is 6.87. The molecule has 1 rings (SSSR count). The highest BCUT2D eigenvalue weighted by atomic mass is 16.5. The van der Waals surface area contributed by atoms with E-state index in [1.807, 2.05) is 0 Å². The van der Waals surface area contributed by atoms with E-state index in [2.05, 4.69) is 58.1 Å². The molecule has 0 unspecified atom stereocenters. The van der Waals surface area contributed by atoms with Crippen LogP contribution >= 0.6 is 0 Å². The fraction of sp³-hybridized carbons (Fsp3) is 0.625. The topological polar surface area (TPSA) is 21.3 Å². The molecule has 0 amide bonds. The molecule has 0 saturated carbocycles. The Bertz CT molecular complexity index is 356. The molecule has 0 bridgehead atoms. The molecule has 18 heavy (non-hydrogen) atoms. The third-order valence-corrected chi connectivity index (χ3v) is 3.19. The summed E-state index contributed by atoms with van der Waals surface area (Å²) in [5.41, 5.74) is 2.49. The zero-order valence-electron chi connectivity index (χ0n) is 12.4. The molecule has 0 aliphatic heterocycles. The van der Waals surface area contributed by atoms with Crippen molar-refractivity contribution >= 4 is 0 Å². The quantitative estimate of drug-likeness (QED) is 0.787. The number of ether oxygens (including phenoxy) is 1. The Labute approximate surface area is 112 Å². The van der Waals surface area contributed by atoms with E-state index in [1.54, 1.807) is 0 Å². The minimum Gasteiger partial charge on any atom is -0.490 e. The second-order valence-corrected chi connectivity index (χ2v) is 5.16. The Balaban J connectivity index is 2.86. The summed E-state index contributed by atoms with van der Waals surface area (Å²) in [6.07, 6.45) is 2.44. The van der Waals surface area contributed by atoms with E-state index < -0.39 is 0 Å². The molecule has 0 aliphatic carbocycles. The van der Waals surface area contributed by atoms with Crippen molar-refractivity contribution in [3.8, 4) is 5.75 Å². The molecule has 0 radical (unpaired) electrons. The Kier molecular flexibility index (Phi) is 6.20. The van der Waals surface area contributed by atoms with Gasteiger partial charge in [-0.2, -0.15) is 0 Å². The first-order valence-electron chi connectivity index (χ1n) is 7.07. The molecule has 0 aromatic heterocycles. The van der Waals surface area contributed by atoms with E-state index in [0.29, 0.717) is 12.1 Å². The van der Waals surface area contributed by atoms with Gasteiger partial charge in [0.15, 0.2) is 0 Å². The van der Waals surface area contributed by atoms with Gasteiger partial charge >= 0.3 is 0 Å². The van der Waals surface area contributed by atoms with Gasteiger partial charge in [0.1, 0.15) is 5.75 Å². The second kappa shape index (κ2) is 7.42. The summed E-state index contributed by atoms with van der Waals surface area (Å²) in [5.74, 6) is 1.07. The number of rotatable bonds is 7.